The maximum Gasteiger partial charge on any atom is 0.0522 e. The smallest absolute Gasteiger partial charge is 0.0522 e. The topological polar surface area (TPSA) is 92.5 Å². The molecule has 0 aliphatic carbocycles. The van der Waals surface area contributed by atoms with Crippen LogP contribution in [0.25, 0.3) is 0 Å². The SMILES string of the molecule is CC(C)O.CC(C)OC(C)C.C[CH-]C.O.O.[Ti]. The molecule has 4 nitrogen and oxygen atoms in total. The van der Waals surface area contributed by atoms with Crippen LogP contribution in [0.3, 0.4) is 0 Å². The molecule has 0 aromatic carbocycles. The predicted octanol–water partition coefficient (Wildman–Crippen LogP) is 1.79. The molecule has 0 heterocycles. The van der Waals surface area contributed by atoms with Crippen molar-refractivity contribution in [1.29, 1.82) is 0 Å². The van der Waals surface area contributed by atoms with Crippen molar-refractivity contribution in [3.8, 4) is 0 Å². The molecule has 0 bridgehead atoms. The zero-order valence-corrected chi connectivity index (χ0v) is 14.2. The van der Waals surface area contributed by atoms with Gasteiger partial charge in [-0.15, -0.1) is 0 Å². The fraction of sp³-hybridized carbons (Fsp3) is 0.917. The van der Waals surface area contributed by atoms with E-state index in [1.54, 1.807) is 13.8 Å². The van der Waals surface area contributed by atoms with Gasteiger partial charge in [0.05, 0.1) is 12.2 Å². The summed E-state index contributed by atoms with van der Waals surface area (Å²) in [6, 6.07) is 0. The van der Waals surface area contributed by atoms with E-state index in [2.05, 4.69) is 0 Å². The van der Waals surface area contributed by atoms with Crippen LogP contribution < -0.4 is 0 Å². The van der Waals surface area contributed by atoms with E-state index in [9.17, 15) is 0 Å². The van der Waals surface area contributed by atoms with E-state index >= 15 is 0 Å². The molecule has 17 heavy (non-hydrogen) atoms. The molecule has 0 rings (SSSR count). The first-order valence-corrected chi connectivity index (χ1v) is 5.35. The summed E-state index contributed by atoms with van der Waals surface area (Å²) in [4.78, 5) is 0. The quantitative estimate of drug-likeness (QED) is 0.620. The second-order valence-corrected chi connectivity index (χ2v) is 3.90. The number of aliphatic hydroxyl groups excluding tert-OH is 1. The first kappa shape index (κ1) is 36.0. The molecule has 0 radical (unpaired) electrons. The Kier molecular flexibility index (Phi) is 63.6. The molecule has 0 amide bonds. The molecule has 0 saturated carbocycles. The summed E-state index contributed by atoms with van der Waals surface area (Å²) in [6.07, 6.45) is 2.58. The van der Waals surface area contributed by atoms with Crippen LogP contribution in [0.5, 0.6) is 0 Å². The Bertz CT molecular complexity index is 79.8. The second-order valence-electron chi connectivity index (χ2n) is 3.90. The van der Waals surface area contributed by atoms with Gasteiger partial charge in [-0.2, -0.15) is 13.8 Å². The summed E-state index contributed by atoms with van der Waals surface area (Å²) in [7, 11) is 0. The molecule has 0 atom stereocenters. The maximum atomic E-state index is 8.06. The van der Waals surface area contributed by atoms with Crippen LogP contribution in [-0.4, -0.2) is 34.4 Å². The van der Waals surface area contributed by atoms with Gasteiger partial charge in [0.1, 0.15) is 0 Å². The Balaban J connectivity index is -0.0000000268. The van der Waals surface area contributed by atoms with Gasteiger partial charge in [0.15, 0.2) is 0 Å². The average molecular weight is 289 g/mol. The van der Waals surface area contributed by atoms with Crippen LogP contribution in [0.15, 0.2) is 0 Å². The second kappa shape index (κ2) is 30.0. The van der Waals surface area contributed by atoms with Crippen molar-refractivity contribution in [3.05, 3.63) is 6.42 Å². The average Bonchev–Trinajstić information content (AvgIpc) is 1.82. The third-order valence-electron chi connectivity index (χ3n) is 0.544. The van der Waals surface area contributed by atoms with Crippen molar-refractivity contribution in [2.75, 3.05) is 0 Å². The molecule has 0 saturated heterocycles. The van der Waals surface area contributed by atoms with E-state index in [0.717, 1.165) is 0 Å². The molecule has 0 aromatic rings. The molecular weight excluding hydrogens is 256 g/mol. The van der Waals surface area contributed by atoms with E-state index in [-0.39, 0.29) is 38.8 Å². The summed E-state index contributed by atoms with van der Waals surface area (Å²) >= 11 is 0. The standard InChI is InChI=1S/C6H14O.C3H8O.C3H7.2H2O.Ti/c1-5(2)7-6(3)4;1-3(2)4;1-3-2;;;/h5-6H,1-4H3;3-4H,1-2H3;3H,1-2H3;2*1H2;/q;;-1;;;. The molecular formula is C12H33O4Ti-. The maximum absolute atomic E-state index is 8.06. The van der Waals surface area contributed by atoms with Gasteiger partial charge in [-0.05, 0) is 41.5 Å². The molecule has 0 fully saturated rings. The van der Waals surface area contributed by atoms with Crippen LogP contribution in [-0.2, 0) is 26.5 Å². The number of aliphatic hydroxyl groups is 1. The van der Waals surface area contributed by atoms with E-state index in [0.29, 0.717) is 12.2 Å². The Hall–Kier alpha value is 0.554. The zero-order valence-electron chi connectivity index (χ0n) is 12.7. The van der Waals surface area contributed by atoms with Crippen molar-refractivity contribution in [1.82, 2.24) is 0 Å². The predicted molar refractivity (Wildman–Crippen MR) is 71.6 cm³/mol. The summed E-state index contributed by atoms with van der Waals surface area (Å²) in [5, 5.41) is 8.06. The van der Waals surface area contributed by atoms with E-state index in [4.69, 9.17) is 9.84 Å². The Labute approximate surface area is 123 Å². The molecule has 0 spiro atoms. The molecule has 110 valence electrons. The number of ether oxygens (including phenoxy) is 1. The molecule has 0 aromatic heterocycles. The van der Waals surface area contributed by atoms with Crippen LogP contribution in [0.2, 0.25) is 0 Å². The molecule has 5 heteroatoms. The number of hydrogen-bond donors (Lipinski definition) is 1. The monoisotopic (exact) mass is 289 g/mol. The molecule has 0 aliphatic heterocycles. The minimum Gasteiger partial charge on any atom is -0.412 e. The fourth-order valence-corrected chi connectivity index (χ4v) is 0.544. The first-order chi connectivity index (χ1) is 6.27. The van der Waals surface area contributed by atoms with Crippen LogP contribution in [0.4, 0.5) is 0 Å². The van der Waals surface area contributed by atoms with E-state index < -0.39 is 0 Å². The third-order valence-corrected chi connectivity index (χ3v) is 0.544. The minimum atomic E-state index is -0.167. The van der Waals surface area contributed by atoms with Gasteiger partial charge >= 0.3 is 0 Å². The van der Waals surface area contributed by atoms with Crippen LogP contribution >= 0.6 is 0 Å². The van der Waals surface area contributed by atoms with Crippen molar-refractivity contribution in [2.45, 2.75) is 73.7 Å². The summed E-state index contributed by atoms with van der Waals surface area (Å²) in [6.45, 7) is 15.6. The van der Waals surface area contributed by atoms with Crippen molar-refractivity contribution >= 4 is 0 Å². The summed E-state index contributed by atoms with van der Waals surface area (Å²) in [5.74, 6) is 0. The number of hydrogen-bond acceptors (Lipinski definition) is 2. The third kappa shape index (κ3) is 169. The molecule has 0 aliphatic rings. The Morgan fingerprint density at radius 3 is 0.941 bits per heavy atom. The largest absolute Gasteiger partial charge is 0.412 e. The van der Waals surface area contributed by atoms with E-state index in [1.165, 1.54) is 0 Å². The normalized spacial score (nSPS) is 7.76. The fourth-order valence-electron chi connectivity index (χ4n) is 0.544. The Morgan fingerprint density at radius 2 is 0.941 bits per heavy atom. The zero-order chi connectivity index (χ0) is 12.1. The van der Waals surface area contributed by atoms with Gasteiger partial charge in [0.25, 0.3) is 0 Å². The minimum absolute atomic E-state index is 0. The summed E-state index contributed by atoms with van der Waals surface area (Å²) < 4.78 is 5.25. The van der Waals surface area contributed by atoms with Gasteiger partial charge in [0.2, 0.25) is 0 Å². The first-order valence-electron chi connectivity index (χ1n) is 5.35. The van der Waals surface area contributed by atoms with Crippen molar-refractivity contribution < 1.29 is 42.5 Å². The van der Waals surface area contributed by atoms with Crippen molar-refractivity contribution in [2.24, 2.45) is 0 Å². The van der Waals surface area contributed by atoms with Gasteiger partial charge < -0.3 is 27.2 Å². The van der Waals surface area contributed by atoms with Gasteiger partial charge in [-0.25, -0.2) is 0 Å². The van der Waals surface area contributed by atoms with Gasteiger partial charge in [-0.3, -0.25) is 0 Å². The number of rotatable bonds is 2. The van der Waals surface area contributed by atoms with Gasteiger partial charge in [0, 0.05) is 27.8 Å². The van der Waals surface area contributed by atoms with Crippen LogP contribution in [0.1, 0.15) is 55.4 Å². The van der Waals surface area contributed by atoms with Gasteiger partial charge in [-0.1, -0.05) is 0 Å². The van der Waals surface area contributed by atoms with E-state index in [1.807, 2.05) is 48.0 Å². The molecule has 0 unspecified atom stereocenters. The van der Waals surface area contributed by atoms with Crippen molar-refractivity contribution in [3.63, 3.8) is 0 Å². The Morgan fingerprint density at radius 1 is 0.824 bits per heavy atom. The summed E-state index contributed by atoms with van der Waals surface area (Å²) in [5.41, 5.74) is 0. The molecule has 5 N–H and O–H groups in total. The van der Waals surface area contributed by atoms with Crippen LogP contribution in [0, 0.1) is 6.42 Å².